The van der Waals surface area contributed by atoms with Crippen LogP contribution in [0.1, 0.15) is 78.1 Å². The van der Waals surface area contributed by atoms with Gasteiger partial charge in [-0.25, -0.2) is 0 Å². The fraction of sp³-hybridized carbons (Fsp3) is 0.857. The Bertz CT molecular complexity index is 175. The Kier molecular flexibility index (Phi) is 10.4. The Balaban J connectivity index is 2.98. The van der Waals surface area contributed by atoms with Gasteiger partial charge in [0.15, 0.2) is 0 Å². The Morgan fingerprint density at radius 2 is 0.812 bits per heavy atom. The SMILES string of the molecule is CC(=O)CCCCCCCCCCC(C)=O. The summed E-state index contributed by atoms with van der Waals surface area (Å²) in [5.74, 6) is 0.619. The average molecular weight is 226 g/mol. The van der Waals surface area contributed by atoms with Gasteiger partial charge in [-0.05, 0) is 26.7 Å². The van der Waals surface area contributed by atoms with Crippen LogP contribution in [0.4, 0.5) is 0 Å². The summed E-state index contributed by atoms with van der Waals surface area (Å²) in [4.78, 5) is 21.4. The second-order valence-corrected chi connectivity index (χ2v) is 4.73. The molecule has 0 aliphatic rings. The van der Waals surface area contributed by atoms with E-state index in [1.54, 1.807) is 13.8 Å². The third-order valence-corrected chi connectivity index (χ3v) is 2.81. The molecule has 16 heavy (non-hydrogen) atoms. The molecule has 0 N–H and O–H groups in total. The third-order valence-electron chi connectivity index (χ3n) is 2.81. The van der Waals surface area contributed by atoms with Crippen LogP contribution < -0.4 is 0 Å². The van der Waals surface area contributed by atoms with Crippen LogP contribution in [0.25, 0.3) is 0 Å². The van der Waals surface area contributed by atoms with E-state index in [-0.39, 0.29) is 0 Å². The van der Waals surface area contributed by atoms with Gasteiger partial charge in [-0.2, -0.15) is 0 Å². The Morgan fingerprint density at radius 1 is 0.562 bits per heavy atom. The molecule has 0 saturated carbocycles. The van der Waals surface area contributed by atoms with E-state index in [9.17, 15) is 9.59 Å². The van der Waals surface area contributed by atoms with Crippen molar-refractivity contribution in [1.29, 1.82) is 0 Å². The highest BCUT2D eigenvalue weighted by molar-refractivity contribution is 5.75. The van der Waals surface area contributed by atoms with Gasteiger partial charge in [0.25, 0.3) is 0 Å². The standard InChI is InChI=1S/C14H26O2/c1-13(15)11-9-7-5-3-4-6-8-10-12-14(2)16/h3-12H2,1-2H3. The molecule has 0 aliphatic heterocycles. The van der Waals surface area contributed by atoms with Crippen molar-refractivity contribution in [3.05, 3.63) is 0 Å². The predicted molar refractivity (Wildman–Crippen MR) is 67.5 cm³/mol. The van der Waals surface area contributed by atoms with Crippen LogP contribution >= 0.6 is 0 Å². The lowest BCUT2D eigenvalue weighted by molar-refractivity contribution is -0.118. The number of hydrogen-bond acceptors (Lipinski definition) is 2. The maximum absolute atomic E-state index is 10.7. The molecule has 2 heteroatoms. The van der Waals surface area contributed by atoms with Crippen LogP contribution in [0.3, 0.4) is 0 Å². The van der Waals surface area contributed by atoms with Gasteiger partial charge in [-0.1, -0.05) is 38.5 Å². The molecule has 0 aromatic carbocycles. The zero-order chi connectivity index (χ0) is 12.2. The van der Waals surface area contributed by atoms with Crippen molar-refractivity contribution in [3.63, 3.8) is 0 Å². The maximum Gasteiger partial charge on any atom is 0.129 e. The van der Waals surface area contributed by atoms with Gasteiger partial charge in [0.05, 0.1) is 0 Å². The molecule has 0 bridgehead atoms. The van der Waals surface area contributed by atoms with E-state index in [2.05, 4.69) is 0 Å². The quantitative estimate of drug-likeness (QED) is 0.498. The molecular formula is C14H26O2. The van der Waals surface area contributed by atoms with Crippen molar-refractivity contribution in [2.75, 3.05) is 0 Å². The lowest BCUT2D eigenvalue weighted by Crippen LogP contribution is -1.90. The monoisotopic (exact) mass is 226 g/mol. The van der Waals surface area contributed by atoms with Gasteiger partial charge in [0.1, 0.15) is 11.6 Å². The molecule has 0 radical (unpaired) electrons. The molecule has 0 amide bonds. The Hall–Kier alpha value is -0.660. The van der Waals surface area contributed by atoms with E-state index in [0.717, 1.165) is 25.7 Å². The van der Waals surface area contributed by atoms with E-state index in [4.69, 9.17) is 0 Å². The summed E-state index contributed by atoms with van der Waals surface area (Å²) in [6, 6.07) is 0. The summed E-state index contributed by atoms with van der Waals surface area (Å²) in [5, 5.41) is 0. The van der Waals surface area contributed by atoms with Crippen molar-refractivity contribution in [2.45, 2.75) is 78.1 Å². The fourth-order valence-electron chi connectivity index (χ4n) is 1.81. The molecule has 94 valence electrons. The van der Waals surface area contributed by atoms with Gasteiger partial charge in [-0.3, -0.25) is 0 Å². The van der Waals surface area contributed by atoms with Crippen LogP contribution in [0.5, 0.6) is 0 Å². The molecule has 0 spiro atoms. The summed E-state index contributed by atoms with van der Waals surface area (Å²) in [6.45, 7) is 3.32. The number of rotatable bonds is 11. The van der Waals surface area contributed by atoms with E-state index in [1.165, 1.54) is 38.5 Å². The normalized spacial score (nSPS) is 10.4. The zero-order valence-electron chi connectivity index (χ0n) is 10.9. The zero-order valence-corrected chi connectivity index (χ0v) is 10.9. The number of Topliss-reactive ketones (excluding diaryl/α,β-unsaturated/α-hetero) is 2. The predicted octanol–water partition coefficient (Wildman–Crippen LogP) is 4.07. The molecule has 0 rings (SSSR count). The van der Waals surface area contributed by atoms with Gasteiger partial charge >= 0.3 is 0 Å². The van der Waals surface area contributed by atoms with Crippen LogP contribution in [0, 0.1) is 0 Å². The summed E-state index contributed by atoms with van der Waals surface area (Å²) in [5.41, 5.74) is 0. The minimum absolute atomic E-state index is 0.309. The van der Waals surface area contributed by atoms with Gasteiger partial charge < -0.3 is 9.59 Å². The molecule has 0 aromatic heterocycles. The molecule has 2 nitrogen and oxygen atoms in total. The second-order valence-electron chi connectivity index (χ2n) is 4.73. The first-order valence-corrected chi connectivity index (χ1v) is 6.62. The third kappa shape index (κ3) is 13.3. The summed E-state index contributed by atoms with van der Waals surface area (Å²) in [7, 11) is 0. The maximum atomic E-state index is 10.7. The first-order chi connectivity index (χ1) is 7.63. The molecule has 0 heterocycles. The smallest absolute Gasteiger partial charge is 0.129 e. The number of hydrogen-bond donors (Lipinski definition) is 0. The van der Waals surface area contributed by atoms with E-state index in [0.29, 0.717) is 11.6 Å². The first-order valence-electron chi connectivity index (χ1n) is 6.62. The Labute approximate surface area is 99.8 Å². The van der Waals surface area contributed by atoms with E-state index >= 15 is 0 Å². The molecule has 0 aromatic rings. The van der Waals surface area contributed by atoms with Crippen molar-refractivity contribution < 1.29 is 9.59 Å². The van der Waals surface area contributed by atoms with Crippen molar-refractivity contribution >= 4 is 11.6 Å². The number of unbranched alkanes of at least 4 members (excludes halogenated alkanes) is 7. The highest BCUT2D eigenvalue weighted by Gasteiger charge is 1.96. The van der Waals surface area contributed by atoms with Gasteiger partial charge in [-0.15, -0.1) is 0 Å². The lowest BCUT2D eigenvalue weighted by Gasteiger charge is -2.01. The summed E-state index contributed by atoms with van der Waals surface area (Å²) >= 11 is 0. The number of ketones is 2. The second kappa shape index (κ2) is 10.8. The molecule has 0 saturated heterocycles. The summed E-state index contributed by atoms with van der Waals surface area (Å²) < 4.78 is 0. The lowest BCUT2D eigenvalue weighted by atomic mass is 10.1. The molecule has 0 unspecified atom stereocenters. The van der Waals surface area contributed by atoms with E-state index < -0.39 is 0 Å². The number of carbonyl (C=O) groups excluding carboxylic acids is 2. The van der Waals surface area contributed by atoms with Crippen LogP contribution in [-0.2, 0) is 9.59 Å². The van der Waals surface area contributed by atoms with Crippen molar-refractivity contribution in [1.82, 2.24) is 0 Å². The van der Waals surface area contributed by atoms with Gasteiger partial charge in [0.2, 0.25) is 0 Å². The molecule has 0 aliphatic carbocycles. The largest absolute Gasteiger partial charge is 0.300 e. The molecular weight excluding hydrogens is 200 g/mol. The van der Waals surface area contributed by atoms with Crippen molar-refractivity contribution in [2.24, 2.45) is 0 Å². The topological polar surface area (TPSA) is 34.1 Å². The minimum atomic E-state index is 0.309. The first kappa shape index (κ1) is 15.3. The molecule has 0 atom stereocenters. The van der Waals surface area contributed by atoms with Crippen LogP contribution in [0.15, 0.2) is 0 Å². The van der Waals surface area contributed by atoms with E-state index in [1.807, 2.05) is 0 Å². The highest BCUT2D eigenvalue weighted by Crippen LogP contribution is 2.10. The fourth-order valence-corrected chi connectivity index (χ4v) is 1.81. The average Bonchev–Trinajstić information content (AvgIpc) is 2.20. The number of carbonyl (C=O) groups is 2. The Morgan fingerprint density at radius 3 is 1.06 bits per heavy atom. The minimum Gasteiger partial charge on any atom is -0.300 e. The summed E-state index contributed by atoms with van der Waals surface area (Å²) in [6.07, 6.45) is 11.0. The highest BCUT2D eigenvalue weighted by atomic mass is 16.1. The van der Waals surface area contributed by atoms with Crippen LogP contribution in [-0.4, -0.2) is 11.6 Å². The van der Waals surface area contributed by atoms with Crippen LogP contribution in [0.2, 0.25) is 0 Å². The molecule has 0 fully saturated rings. The van der Waals surface area contributed by atoms with Crippen molar-refractivity contribution in [3.8, 4) is 0 Å². The van der Waals surface area contributed by atoms with Gasteiger partial charge in [0, 0.05) is 12.8 Å².